The van der Waals surface area contributed by atoms with Crippen molar-refractivity contribution < 1.29 is 4.79 Å². The van der Waals surface area contributed by atoms with Crippen molar-refractivity contribution in [2.75, 3.05) is 6.54 Å². The lowest BCUT2D eigenvalue weighted by Gasteiger charge is -2.12. The highest BCUT2D eigenvalue weighted by Crippen LogP contribution is 2.61. The molecule has 0 saturated heterocycles. The Kier molecular flexibility index (Phi) is 3.49. The molecule has 1 saturated carbocycles. The number of carbonyl (C=O) groups excluding carboxylic acids is 1. The normalized spacial score (nSPS) is 25.2. The van der Waals surface area contributed by atoms with Gasteiger partial charge in [0.25, 0.3) is 0 Å². The van der Waals surface area contributed by atoms with E-state index in [-0.39, 0.29) is 5.91 Å². The minimum Gasteiger partial charge on any atom is -0.356 e. The summed E-state index contributed by atoms with van der Waals surface area (Å²) in [7, 11) is 0. The van der Waals surface area contributed by atoms with E-state index in [0.29, 0.717) is 17.8 Å². The van der Waals surface area contributed by atoms with Crippen LogP contribution < -0.4 is 5.32 Å². The lowest BCUT2D eigenvalue weighted by Crippen LogP contribution is -2.27. The van der Waals surface area contributed by atoms with Gasteiger partial charge in [0.15, 0.2) is 0 Å². The number of hydrogen-bond acceptors (Lipinski definition) is 3. The Bertz CT molecular complexity index is 682. The van der Waals surface area contributed by atoms with E-state index in [2.05, 4.69) is 34.6 Å². The van der Waals surface area contributed by atoms with E-state index in [1.807, 2.05) is 10.9 Å². The molecule has 0 unspecified atom stereocenters. The fourth-order valence-corrected chi connectivity index (χ4v) is 4.52. The lowest BCUT2D eigenvalue weighted by molar-refractivity contribution is -0.121. The van der Waals surface area contributed by atoms with Crippen LogP contribution in [0.3, 0.4) is 0 Å². The number of rotatable bonds is 5. The van der Waals surface area contributed by atoms with Crippen LogP contribution in [0.25, 0.3) is 0 Å². The molecule has 1 spiro atoms. The van der Waals surface area contributed by atoms with Crippen molar-refractivity contribution in [3.05, 3.63) is 52.0 Å². The maximum absolute atomic E-state index is 12.0. The summed E-state index contributed by atoms with van der Waals surface area (Å²) < 4.78 is 0. The number of nitrogens with one attached hydrogen (secondary N) is 1. The van der Waals surface area contributed by atoms with Crippen LogP contribution in [0.1, 0.15) is 36.1 Å². The van der Waals surface area contributed by atoms with Crippen LogP contribution >= 0.6 is 11.3 Å². The van der Waals surface area contributed by atoms with Crippen LogP contribution in [-0.4, -0.2) is 17.4 Å². The summed E-state index contributed by atoms with van der Waals surface area (Å²) in [5, 5.41) is 5.14. The van der Waals surface area contributed by atoms with Gasteiger partial charge in [0.1, 0.15) is 0 Å². The minimum absolute atomic E-state index is 0.154. The predicted molar refractivity (Wildman–Crippen MR) is 88.0 cm³/mol. The van der Waals surface area contributed by atoms with Crippen LogP contribution in [0.2, 0.25) is 0 Å². The highest BCUT2D eigenvalue weighted by Gasteiger charge is 2.57. The highest BCUT2D eigenvalue weighted by molar-refractivity contribution is 7.07. The van der Waals surface area contributed by atoms with E-state index in [0.717, 1.165) is 18.7 Å². The molecule has 2 atom stereocenters. The Morgan fingerprint density at radius 3 is 3.18 bits per heavy atom. The van der Waals surface area contributed by atoms with E-state index in [1.54, 1.807) is 11.3 Å². The number of amides is 1. The molecule has 1 amide bonds. The lowest BCUT2D eigenvalue weighted by atomic mass is 9.95. The van der Waals surface area contributed by atoms with Gasteiger partial charge in [0.2, 0.25) is 5.91 Å². The summed E-state index contributed by atoms with van der Waals surface area (Å²) in [5.41, 5.74) is 6.27. The van der Waals surface area contributed by atoms with E-state index < -0.39 is 0 Å². The fraction of sp³-hybridized carbons (Fsp3) is 0.444. The molecule has 4 rings (SSSR count). The molecule has 1 heterocycles. The molecule has 2 aliphatic carbocycles. The third kappa shape index (κ3) is 2.45. The molecule has 1 N–H and O–H groups in total. The first kappa shape index (κ1) is 13.9. The summed E-state index contributed by atoms with van der Waals surface area (Å²) in [6, 6.07) is 8.82. The third-order valence-electron chi connectivity index (χ3n) is 5.26. The van der Waals surface area contributed by atoms with Crippen LogP contribution in [-0.2, 0) is 23.1 Å². The quantitative estimate of drug-likeness (QED) is 0.922. The number of nitrogens with zero attached hydrogens (tertiary/aromatic N) is 1. The first-order chi connectivity index (χ1) is 10.8. The van der Waals surface area contributed by atoms with Crippen LogP contribution in [0.15, 0.2) is 35.2 Å². The fourth-order valence-electron chi connectivity index (χ4n) is 3.93. The van der Waals surface area contributed by atoms with Gasteiger partial charge < -0.3 is 5.32 Å². The van der Waals surface area contributed by atoms with E-state index in [1.165, 1.54) is 30.4 Å². The standard InChI is InChI=1S/C18H20N2OS/c21-17(6-5-15-11-22-12-20-15)19-10-14-9-18(14)8-7-13-3-1-2-4-16(13)18/h1-4,11-12,14H,5-10H2,(H,19,21)/t14-,18+/m0/s1. The molecule has 0 radical (unpaired) electrons. The number of carbonyl (C=O) groups is 1. The molecular weight excluding hydrogens is 292 g/mol. The molecule has 22 heavy (non-hydrogen) atoms. The van der Waals surface area contributed by atoms with Gasteiger partial charge in [0, 0.05) is 23.8 Å². The summed E-state index contributed by atoms with van der Waals surface area (Å²) in [4.78, 5) is 16.2. The Morgan fingerprint density at radius 1 is 1.41 bits per heavy atom. The van der Waals surface area contributed by atoms with Crippen molar-refractivity contribution in [3.8, 4) is 0 Å². The molecule has 1 fully saturated rings. The summed E-state index contributed by atoms with van der Waals surface area (Å²) in [6.07, 6.45) is 4.97. The zero-order valence-electron chi connectivity index (χ0n) is 12.5. The number of benzene rings is 1. The molecule has 0 bridgehead atoms. The molecule has 1 aromatic carbocycles. The van der Waals surface area contributed by atoms with Gasteiger partial charge in [-0.05, 0) is 42.7 Å². The summed E-state index contributed by atoms with van der Waals surface area (Å²) >= 11 is 1.58. The molecule has 3 nitrogen and oxygen atoms in total. The molecule has 114 valence electrons. The largest absolute Gasteiger partial charge is 0.356 e. The predicted octanol–water partition coefficient (Wildman–Crippen LogP) is 3.10. The zero-order valence-corrected chi connectivity index (χ0v) is 13.4. The van der Waals surface area contributed by atoms with Gasteiger partial charge in [-0.15, -0.1) is 11.3 Å². The maximum Gasteiger partial charge on any atom is 0.220 e. The van der Waals surface area contributed by atoms with E-state index in [4.69, 9.17) is 0 Å². The summed E-state index contributed by atoms with van der Waals surface area (Å²) in [6.45, 7) is 0.824. The van der Waals surface area contributed by atoms with Gasteiger partial charge in [-0.1, -0.05) is 24.3 Å². The van der Waals surface area contributed by atoms with Gasteiger partial charge in [-0.25, -0.2) is 4.98 Å². The highest BCUT2D eigenvalue weighted by atomic mass is 32.1. The first-order valence-electron chi connectivity index (χ1n) is 8.00. The van der Waals surface area contributed by atoms with E-state index >= 15 is 0 Å². The Balaban J connectivity index is 1.29. The van der Waals surface area contributed by atoms with Crippen molar-refractivity contribution >= 4 is 17.2 Å². The number of fused-ring (bicyclic) bond motifs is 2. The molecule has 1 aromatic heterocycles. The van der Waals surface area contributed by atoms with Crippen molar-refractivity contribution in [2.45, 2.75) is 37.5 Å². The average Bonchev–Trinajstić information content (AvgIpc) is 2.89. The van der Waals surface area contributed by atoms with Crippen LogP contribution in [0.5, 0.6) is 0 Å². The number of aryl methyl sites for hydroxylation is 2. The topological polar surface area (TPSA) is 42.0 Å². The van der Waals surface area contributed by atoms with Crippen LogP contribution in [0.4, 0.5) is 0 Å². The second-order valence-electron chi connectivity index (χ2n) is 6.50. The molecule has 2 aliphatic rings. The first-order valence-corrected chi connectivity index (χ1v) is 8.94. The number of thiazole rings is 1. The smallest absolute Gasteiger partial charge is 0.220 e. The van der Waals surface area contributed by atoms with E-state index in [9.17, 15) is 4.79 Å². The molecule has 4 heteroatoms. The number of hydrogen-bond donors (Lipinski definition) is 1. The van der Waals surface area contributed by atoms with Crippen molar-refractivity contribution in [3.63, 3.8) is 0 Å². The van der Waals surface area contributed by atoms with Crippen molar-refractivity contribution in [1.82, 2.24) is 10.3 Å². The van der Waals surface area contributed by atoms with Crippen molar-refractivity contribution in [2.24, 2.45) is 5.92 Å². The third-order valence-corrected chi connectivity index (χ3v) is 5.90. The minimum atomic E-state index is 0.154. The van der Waals surface area contributed by atoms with Gasteiger partial charge >= 0.3 is 0 Å². The maximum atomic E-state index is 12.0. The zero-order chi connectivity index (χ0) is 15.0. The molecule has 0 aliphatic heterocycles. The van der Waals surface area contributed by atoms with Gasteiger partial charge in [-0.3, -0.25) is 4.79 Å². The Morgan fingerprint density at radius 2 is 2.32 bits per heavy atom. The second kappa shape index (κ2) is 5.51. The SMILES string of the molecule is O=C(CCc1cscn1)NC[C@@H]1C[C@]12CCc1ccccc12. The molecule has 2 aromatic rings. The number of aromatic nitrogens is 1. The van der Waals surface area contributed by atoms with Crippen molar-refractivity contribution in [1.29, 1.82) is 0 Å². The Hall–Kier alpha value is -1.68. The van der Waals surface area contributed by atoms with Gasteiger partial charge in [-0.2, -0.15) is 0 Å². The van der Waals surface area contributed by atoms with Gasteiger partial charge in [0.05, 0.1) is 11.2 Å². The summed E-state index contributed by atoms with van der Waals surface area (Å²) in [5.74, 6) is 0.778. The Labute approximate surface area is 134 Å². The van der Waals surface area contributed by atoms with Crippen LogP contribution in [0, 0.1) is 5.92 Å². The second-order valence-corrected chi connectivity index (χ2v) is 7.22. The molecular formula is C18H20N2OS. The average molecular weight is 312 g/mol. The monoisotopic (exact) mass is 312 g/mol.